The summed E-state index contributed by atoms with van der Waals surface area (Å²) in [5.41, 5.74) is 5.25. The summed E-state index contributed by atoms with van der Waals surface area (Å²) < 4.78 is 8.32. The summed E-state index contributed by atoms with van der Waals surface area (Å²) in [4.78, 5) is 0. The maximum absolute atomic E-state index is 6.34. The van der Waals surface area contributed by atoms with Crippen molar-refractivity contribution in [3.05, 3.63) is 101 Å². The Morgan fingerprint density at radius 2 is 1.58 bits per heavy atom. The zero-order valence-corrected chi connectivity index (χ0v) is 14.6. The summed E-state index contributed by atoms with van der Waals surface area (Å²) in [5.74, 6) is 0.859. The molecule has 1 aliphatic rings. The predicted molar refractivity (Wildman–Crippen MR) is 103 cm³/mol. The van der Waals surface area contributed by atoms with E-state index in [1.807, 2.05) is 71.5 Å². The van der Waals surface area contributed by atoms with Crippen molar-refractivity contribution in [1.82, 2.24) is 9.78 Å². The van der Waals surface area contributed by atoms with Gasteiger partial charge in [0.25, 0.3) is 0 Å². The highest BCUT2D eigenvalue weighted by atomic mass is 35.5. The predicted octanol–water partition coefficient (Wildman–Crippen LogP) is 5.67. The lowest BCUT2D eigenvalue weighted by Gasteiger charge is -2.27. The minimum absolute atomic E-state index is 0.213. The van der Waals surface area contributed by atoms with Gasteiger partial charge in [0.2, 0.25) is 0 Å². The number of aromatic nitrogens is 2. The largest absolute Gasteiger partial charge is 0.480 e. The maximum atomic E-state index is 6.34. The topological polar surface area (TPSA) is 27.1 Å². The van der Waals surface area contributed by atoms with E-state index in [1.165, 1.54) is 0 Å². The third kappa shape index (κ3) is 2.40. The molecule has 126 valence electrons. The Morgan fingerprint density at radius 1 is 0.846 bits per heavy atom. The molecule has 4 heteroatoms. The van der Waals surface area contributed by atoms with Crippen LogP contribution in [0.15, 0.2) is 85.1 Å². The molecule has 5 rings (SSSR count). The number of nitrogens with zero attached hydrogens (tertiary/aromatic N) is 2. The normalized spacial score (nSPS) is 15.0. The van der Waals surface area contributed by atoms with Gasteiger partial charge in [0.05, 0.1) is 17.6 Å². The van der Waals surface area contributed by atoms with Gasteiger partial charge in [-0.15, -0.1) is 0 Å². The molecule has 0 aliphatic carbocycles. The Hall–Kier alpha value is -3.04. The van der Waals surface area contributed by atoms with E-state index < -0.39 is 0 Å². The van der Waals surface area contributed by atoms with Crippen molar-refractivity contribution in [3.8, 4) is 22.7 Å². The molecule has 1 unspecified atom stereocenters. The molecule has 26 heavy (non-hydrogen) atoms. The first-order valence-corrected chi connectivity index (χ1v) is 8.84. The van der Waals surface area contributed by atoms with E-state index in [-0.39, 0.29) is 6.10 Å². The standard InChI is InChI=1S/C22H15ClN2O/c23-16-12-10-15(11-13-16)22-19-14-24-25(17-6-2-1-3-7-17)21(19)18-8-4-5-9-20(18)26-22/h1-14,22H. The van der Waals surface area contributed by atoms with Crippen LogP contribution in [0, 0.1) is 0 Å². The van der Waals surface area contributed by atoms with Crippen LogP contribution in [0.2, 0.25) is 5.02 Å². The van der Waals surface area contributed by atoms with Crippen LogP contribution >= 0.6 is 11.6 Å². The van der Waals surface area contributed by atoms with Gasteiger partial charge < -0.3 is 4.74 Å². The Labute approximate surface area is 156 Å². The zero-order valence-electron chi connectivity index (χ0n) is 13.8. The summed E-state index contributed by atoms with van der Waals surface area (Å²) in [5, 5.41) is 5.38. The van der Waals surface area contributed by atoms with E-state index in [1.54, 1.807) is 0 Å². The van der Waals surface area contributed by atoms with Crippen molar-refractivity contribution in [2.75, 3.05) is 0 Å². The van der Waals surface area contributed by atoms with E-state index >= 15 is 0 Å². The number of fused-ring (bicyclic) bond motifs is 3. The number of hydrogen-bond donors (Lipinski definition) is 0. The summed E-state index contributed by atoms with van der Waals surface area (Å²) in [6, 6.07) is 26.0. The quantitative estimate of drug-likeness (QED) is 0.461. The molecule has 0 amide bonds. The minimum atomic E-state index is -0.213. The first-order chi connectivity index (χ1) is 12.8. The molecule has 3 nitrogen and oxygen atoms in total. The molecule has 0 radical (unpaired) electrons. The average Bonchev–Trinajstić information content (AvgIpc) is 3.14. The molecular formula is C22H15ClN2O. The summed E-state index contributed by atoms with van der Waals surface area (Å²) >= 11 is 6.06. The van der Waals surface area contributed by atoms with E-state index in [4.69, 9.17) is 16.3 Å². The van der Waals surface area contributed by atoms with Gasteiger partial charge in [-0.3, -0.25) is 0 Å². The van der Waals surface area contributed by atoms with Crippen LogP contribution in [0.4, 0.5) is 0 Å². The number of halogens is 1. The van der Waals surface area contributed by atoms with Crippen molar-refractivity contribution < 1.29 is 4.74 Å². The molecule has 0 fully saturated rings. The summed E-state index contributed by atoms with van der Waals surface area (Å²) in [7, 11) is 0. The minimum Gasteiger partial charge on any atom is -0.480 e. The highest BCUT2D eigenvalue weighted by molar-refractivity contribution is 6.30. The Balaban J connectivity index is 1.73. The number of benzene rings is 3. The van der Waals surface area contributed by atoms with Gasteiger partial charge >= 0.3 is 0 Å². The van der Waals surface area contributed by atoms with Gasteiger partial charge in [0.15, 0.2) is 6.10 Å². The fourth-order valence-electron chi connectivity index (χ4n) is 3.43. The lowest BCUT2D eigenvalue weighted by atomic mass is 9.95. The molecule has 4 aromatic rings. The first kappa shape index (κ1) is 15.2. The monoisotopic (exact) mass is 358 g/mol. The van der Waals surface area contributed by atoms with E-state index in [0.29, 0.717) is 5.02 Å². The van der Waals surface area contributed by atoms with Crippen LogP contribution in [-0.4, -0.2) is 9.78 Å². The van der Waals surface area contributed by atoms with Gasteiger partial charge in [-0.25, -0.2) is 4.68 Å². The van der Waals surface area contributed by atoms with Crippen LogP contribution in [0.5, 0.6) is 5.75 Å². The van der Waals surface area contributed by atoms with Crippen molar-refractivity contribution in [1.29, 1.82) is 0 Å². The zero-order chi connectivity index (χ0) is 17.5. The van der Waals surface area contributed by atoms with Gasteiger partial charge in [-0.05, 0) is 42.0 Å². The second-order valence-electron chi connectivity index (χ2n) is 6.24. The van der Waals surface area contributed by atoms with E-state index in [2.05, 4.69) is 23.3 Å². The second kappa shape index (κ2) is 6.04. The van der Waals surface area contributed by atoms with Crippen LogP contribution in [0.3, 0.4) is 0 Å². The molecule has 1 atom stereocenters. The Morgan fingerprint density at radius 3 is 2.38 bits per heavy atom. The molecule has 0 spiro atoms. The van der Waals surface area contributed by atoms with Crippen LogP contribution < -0.4 is 4.74 Å². The number of rotatable bonds is 2. The van der Waals surface area contributed by atoms with Crippen molar-refractivity contribution in [2.24, 2.45) is 0 Å². The third-order valence-corrected chi connectivity index (χ3v) is 4.89. The van der Waals surface area contributed by atoms with Crippen LogP contribution in [0.25, 0.3) is 16.9 Å². The maximum Gasteiger partial charge on any atom is 0.153 e. The summed E-state index contributed by atoms with van der Waals surface area (Å²) in [6.45, 7) is 0. The van der Waals surface area contributed by atoms with Crippen LogP contribution in [0.1, 0.15) is 17.2 Å². The van der Waals surface area contributed by atoms with E-state index in [0.717, 1.165) is 33.8 Å². The Bertz CT molecular complexity index is 1070. The number of ether oxygens (including phenoxy) is 1. The molecule has 0 bridgehead atoms. The molecule has 2 heterocycles. The lowest BCUT2D eigenvalue weighted by molar-refractivity contribution is 0.243. The SMILES string of the molecule is Clc1ccc(C2Oc3ccccc3-c3c2cnn3-c2ccccc2)cc1. The molecule has 1 aromatic heterocycles. The number of para-hydroxylation sites is 2. The van der Waals surface area contributed by atoms with Crippen LogP contribution in [-0.2, 0) is 0 Å². The highest BCUT2D eigenvalue weighted by Crippen LogP contribution is 2.45. The Kier molecular flexibility index (Phi) is 3.54. The fraction of sp³-hybridized carbons (Fsp3) is 0.0455. The molecular weight excluding hydrogens is 344 g/mol. The third-order valence-electron chi connectivity index (χ3n) is 4.64. The molecule has 0 saturated carbocycles. The van der Waals surface area contributed by atoms with Crippen molar-refractivity contribution in [3.63, 3.8) is 0 Å². The fourth-order valence-corrected chi connectivity index (χ4v) is 3.55. The van der Waals surface area contributed by atoms with E-state index in [9.17, 15) is 0 Å². The molecule has 3 aromatic carbocycles. The van der Waals surface area contributed by atoms with Gasteiger partial charge in [-0.2, -0.15) is 5.10 Å². The first-order valence-electron chi connectivity index (χ1n) is 8.46. The molecule has 0 N–H and O–H groups in total. The summed E-state index contributed by atoms with van der Waals surface area (Å²) in [6.07, 6.45) is 1.69. The van der Waals surface area contributed by atoms with Gasteiger partial charge in [0.1, 0.15) is 5.75 Å². The van der Waals surface area contributed by atoms with Gasteiger partial charge in [-0.1, -0.05) is 54.1 Å². The lowest BCUT2D eigenvalue weighted by Crippen LogP contribution is -2.15. The molecule has 1 aliphatic heterocycles. The number of hydrogen-bond acceptors (Lipinski definition) is 2. The second-order valence-corrected chi connectivity index (χ2v) is 6.68. The highest BCUT2D eigenvalue weighted by Gasteiger charge is 2.31. The van der Waals surface area contributed by atoms with Crippen molar-refractivity contribution >= 4 is 11.6 Å². The smallest absolute Gasteiger partial charge is 0.153 e. The van der Waals surface area contributed by atoms with Gasteiger partial charge in [0, 0.05) is 16.1 Å². The van der Waals surface area contributed by atoms with Crippen molar-refractivity contribution in [2.45, 2.75) is 6.10 Å². The molecule has 0 saturated heterocycles. The average molecular weight is 359 g/mol.